The molecule has 0 bridgehead atoms. The number of fused-ring (bicyclic) bond motifs is 1. The number of carboxylic acids is 1. The zero-order valence-corrected chi connectivity index (χ0v) is 10.3. The van der Waals surface area contributed by atoms with Gasteiger partial charge in [0.15, 0.2) is 0 Å². The summed E-state index contributed by atoms with van der Waals surface area (Å²) in [6, 6.07) is 14.0. The van der Waals surface area contributed by atoms with E-state index in [1.165, 1.54) is 6.07 Å². The quantitative estimate of drug-likeness (QED) is 0.745. The van der Waals surface area contributed by atoms with Gasteiger partial charge in [-0.1, -0.05) is 42.5 Å². The van der Waals surface area contributed by atoms with Gasteiger partial charge in [-0.15, -0.1) is 0 Å². The number of hydrogen-bond acceptors (Lipinski definition) is 3. The van der Waals surface area contributed by atoms with Crippen molar-refractivity contribution in [1.82, 2.24) is 10.2 Å². The molecule has 5 heteroatoms. The summed E-state index contributed by atoms with van der Waals surface area (Å²) in [6.07, 6.45) is 0. The van der Waals surface area contributed by atoms with Crippen LogP contribution in [0.1, 0.15) is 10.4 Å². The lowest BCUT2D eigenvalue weighted by molar-refractivity contribution is 0.0699. The summed E-state index contributed by atoms with van der Waals surface area (Å²) >= 11 is 0. The van der Waals surface area contributed by atoms with Crippen molar-refractivity contribution in [2.45, 2.75) is 0 Å². The Kier molecular flexibility index (Phi) is 2.80. The third-order valence-electron chi connectivity index (χ3n) is 3.09. The van der Waals surface area contributed by atoms with Gasteiger partial charge in [-0.3, -0.25) is 4.79 Å². The van der Waals surface area contributed by atoms with Gasteiger partial charge in [0.2, 0.25) is 0 Å². The number of aromatic amines is 1. The largest absolute Gasteiger partial charge is 0.478 e. The number of aromatic nitrogens is 2. The molecule has 2 aromatic carbocycles. The average molecular weight is 266 g/mol. The Morgan fingerprint density at radius 3 is 2.50 bits per heavy atom. The van der Waals surface area contributed by atoms with E-state index < -0.39 is 11.5 Å². The van der Waals surface area contributed by atoms with E-state index in [1.807, 2.05) is 30.3 Å². The zero-order chi connectivity index (χ0) is 14.1. The Morgan fingerprint density at radius 1 is 1.05 bits per heavy atom. The van der Waals surface area contributed by atoms with Crippen molar-refractivity contribution in [3.05, 3.63) is 64.4 Å². The summed E-state index contributed by atoms with van der Waals surface area (Å²) in [7, 11) is 0. The number of rotatable bonds is 2. The Morgan fingerprint density at radius 2 is 1.80 bits per heavy atom. The molecule has 98 valence electrons. The van der Waals surface area contributed by atoms with Crippen LogP contribution in [0.5, 0.6) is 0 Å². The van der Waals surface area contributed by atoms with Crippen molar-refractivity contribution in [2.75, 3.05) is 0 Å². The van der Waals surface area contributed by atoms with Gasteiger partial charge in [-0.2, -0.15) is 5.10 Å². The van der Waals surface area contributed by atoms with E-state index >= 15 is 0 Å². The Balaban J connectivity index is 2.43. The maximum Gasteiger partial charge on any atom is 0.336 e. The fourth-order valence-corrected chi connectivity index (χ4v) is 2.21. The van der Waals surface area contributed by atoms with Gasteiger partial charge in [0.05, 0.1) is 16.6 Å². The minimum Gasteiger partial charge on any atom is -0.478 e. The van der Waals surface area contributed by atoms with Crippen LogP contribution in [0, 0.1) is 0 Å². The number of hydrogen-bond donors (Lipinski definition) is 2. The predicted molar refractivity (Wildman–Crippen MR) is 74.8 cm³/mol. The Labute approximate surface area is 113 Å². The van der Waals surface area contributed by atoms with Crippen molar-refractivity contribution < 1.29 is 9.90 Å². The summed E-state index contributed by atoms with van der Waals surface area (Å²) < 4.78 is 0. The molecule has 0 aliphatic heterocycles. The summed E-state index contributed by atoms with van der Waals surface area (Å²) in [5, 5.41) is 16.3. The fourth-order valence-electron chi connectivity index (χ4n) is 2.21. The monoisotopic (exact) mass is 266 g/mol. The van der Waals surface area contributed by atoms with Crippen LogP contribution in [0.3, 0.4) is 0 Å². The van der Waals surface area contributed by atoms with Crippen LogP contribution in [-0.2, 0) is 0 Å². The SMILES string of the molecule is O=C(O)c1cccc2c(-c3ccccc3)n[nH]c(=O)c12. The van der Waals surface area contributed by atoms with Gasteiger partial charge < -0.3 is 5.11 Å². The first kappa shape index (κ1) is 12.1. The highest BCUT2D eigenvalue weighted by Crippen LogP contribution is 2.25. The smallest absolute Gasteiger partial charge is 0.336 e. The van der Waals surface area contributed by atoms with Crippen LogP contribution in [0.4, 0.5) is 0 Å². The maximum absolute atomic E-state index is 11.9. The minimum absolute atomic E-state index is 0.0247. The van der Waals surface area contributed by atoms with Crippen molar-refractivity contribution in [1.29, 1.82) is 0 Å². The Bertz CT molecular complexity index is 854. The molecule has 0 aliphatic carbocycles. The lowest BCUT2D eigenvalue weighted by Gasteiger charge is -2.06. The first-order chi connectivity index (χ1) is 9.68. The molecule has 0 saturated heterocycles. The topological polar surface area (TPSA) is 83.0 Å². The average Bonchev–Trinajstić information content (AvgIpc) is 2.48. The van der Waals surface area contributed by atoms with E-state index in [-0.39, 0.29) is 10.9 Å². The second-order valence-corrected chi connectivity index (χ2v) is 4.30. The highest BCUT2D eigenvalue weighted by Gasteiger charge is 2.15. The molecule has 20 heavy (non-hydrogen) atoms. The van der Waals surface area contributed by atoms with Crippen LogP contribution in [0.15, 0.2) is 53.3 Å². The molecule has 0 unspecified atom stereocenters. The number of aromatic carboxylic acids is 1. The zero-order valence-electron chi connectivity index (χ0n) is 10.3. The molecule has 1 heterocycles. The third-order valence-corrected chi connectivity index (χ3v) is 3.09. The summed E-state index contributed by atoms with van der Waals surface area (Å²) in [5.74, 6) is -1.13. The van der Waals surface area contributed by atoms with Gasteiger partial charge in [-0.05, 0) is 6.07 Å². The standard InChI is InChI=1S/C15H10N2O3/c18-14-12-10(7-4-8-11(12)15(19)20)13(16-17-14)9-5-2-1-3-6-9/h1-8H,(H,17,18)(H,19,20). The molecule has 0 fully saturated rings. The minimum atomic E-state index is -1.13. The maximum atomic E-state index is 11.9. The van der Waals surface area contributed by atoms with Crippen LogP contribution in [0.25, 0.3) is 22.0 Å². The summed E-state index contributed by atoms with van der Waals surface area (Å²) in [5.41, 5.74) is 0.848. The van der Waals surface area contributed by atoms with E-state index in [2.05, 4.69) is 10.2 Å². The van der Waals surface area contributed by atoms with Crippen LogP contribution in [0.2, 0.25) is 0 Å². The van der Waals surface area contributed by atoms with E-state index in [1.54, 1.807) is 12.1 Å². The second-order valence-electron chi connectivity index (χ2n) is 4.30. The first-order valence-electron chi connectivity index (χ1n) is 5.98. The van der Waals surface area contributed by atoms with Gasteiger partial charge in [-0.25, -0.2) is 9.89 Å². The molecular weight excluding hydrogens is 256 g/mol. The summed E-state index contributed by atoms with van der Waals surface area (Å²) in [6.45, 7) is 0. The highest BCUT2D eigenvalue weighted by atomic mass is 16.4. The van der Waals surface area contributed by atoms with E-state index in [9.17, 15) is 14.7 Å². The molecule has 1 aromatic heterocycles. The van der Waals surface area contributed by atoms with Crippen molar-refractivity contribution >= 4 is 16.7 Å². The number of nitrogens with one attached hydrogen (secondary N) is 1. The lowest BCUT2D eigenvalue weighted by Crippen LogP contribution is -2.13. The molecule has 0 radical (unpaired) electrons. The van der Waals surface area contributed by atoms with Gasteiger partial charge in [0.1, 0.15) is 0 Å². The van der Waals surface area contributed by atoms with Crippen molar-refractivity contribution in [3.63, 3.8) is 0 Å². The first-order valence-corrected chi connectivity index (χ1v) is 5.98. The number of carboxylic acid groups (broad SMARTS) is 1. The number of carbonyl (C=O) groups is 1. The van der Waals surface area contributed by atoms with E-state index in [0.29, 0.717) is 11.1 Å². The van der Waals surface area contributed by atoms with E-state index in [0.717, 1.165) is 5.56 Å². The fraction of sp³-hybridized carbons (Fsp3) is 0. The Hall–Kier alpha value is -2.95. The van der Waals surface area contributed by atoms with Crippen molar-refractivity contribution in [2.24, 2.45) is 0 Å². The molecule has 0 spiro atoms. The predicted octanol–water partition coefficient (Wildman–Crippen LogP) is 2.29. The van der Waals surface area contributed by atoms with Crippen LogP contribution < -0.4 is 5.56 Å². The molecule has 2 N–H and O–H groups in total. The van der Waals surface area contributed by atoms with Crippen LogP contribution >= 0.6 is 0 Å². The molecule has 0 atom stereocenters. The van der Waals surface area contributed by atoms with Crippen LogP contribution in [-0.4, -0.2) is 21.3 Å². The highest BCUT2D eigenvalue weighted by molar-refractivity contribution is 6.06. The molecule has 5 nitrogen and oxygen atoms in total. The van der Waals surface area contributed by atoms with Gasteiger partial charge in [0.25, 0.3) is 5.56 Å². The number of nitrogens with zero attached hydrogens (tertiary/aromatic N) is 1. The van der Waals surface area contributed by atoms with Gasteiger partial charge in [0, 0.05) is 10.9 Å². The number of H-pyrrole nitrogens is 1. The van der Waals surface area contributed by atoms with Crippen molar-refractivity contribution in [3.8, 4) is 11.3 Å². The molecule has 0 amide bonds. The van der Waals surface area contributed by atoms with E-state index in [4.69, 9.17) is 0 Å². The molecule has 3 rings (SSSR count). The molecule has 0 aliphatic rings. The number of benzene rings is 2. The third kappa shape index (κ3) is 1.85. The molecule has 3 aromatic rings. The molecular formula is C15H10N2O3. The summed E-state index contributed by atoms with van der Waals surface area (Å²) in [4.78, 5) is 23.1. The second kappa shape index (κ2) is 4.62. The normalized spacial score (nSPS) is 10.6. The molecule has 0 saturated carbocycles. The lowest BCUT2D eigenvalue weighted by atomic mass is 10.0. The van der Waals surface area contributed by atoms with Gasteiger partial charge >= 0.3 is 5.97 Å².